The first kappa shape index (κ1) is 18.0. The Kier molecular flexibility index (Phi) is 4.73. The molecule has 0 aromatic carbocycles. The average Bonchev–Trinajstić information content (AvgIpc) is 2.94. The number of nitriles is 1. The van der Waals surface area contributed by atoms with Gasteiger partial charge in [0, 0.05) is 17.0 Å². The summed E-state index contributed by atoms with van der Waals surface area (Å²) < 4.78 is 43.2. The summed E-state index contributed by atoms with van der Waals surface area (Å²) in [6.45, 7) is 1.81. The number of pyridine rings is 1. The Balaban J connectivity index is 1.89. The Morgan fingerprint density at radius 1 is 1.35 bits per heavy atom. The minimum Gasteiger partial charge on any atom is -0.462 e. The number of anilines is 1. The van der Waals surface area contributed by atoms with Gasteiger partial charge >= 0.3 is 6.18 Å². The van der Waals surface area contributed by atoms with Crippen LogP contribution in [-0.4, -0.2) is 21.1 Å². The molecule has 1 unspecified atom stereocenters. The number of hydrogen-bond acceptors (Lipinski definition) is 7. The zero-order valence-electron chi connectivity index (χ0n) is 13.4. The average molecular weight is 379 g/mol. The van der Waals surface area contributed by atoms with E-state index in [0.29, 0.717) is 16.2 Å². The SMILES string of the molecule is CC(Sc1nc(N)cc(C#N)n1)c1cc2c(CC(F)(F)F)coc2cn1. The van der Waals surface area contributed by atoms with Crippen LogP contribution in [0, 0.1) is 11.3 Å². The standard InChI is InChI=1S/C16H12F3N5OS/c1-8(26-15-23-10(5-20)2-14(21)24-15)12-3-11-9(4-16(17,18)19)7-25-13(11)6-22-12/h2-3,6-8H,4H2,1H3,(H2,21,23,24). The summed E-state index contributed by atoms with van der Waals surface area (Å²) in [5.41, 5.74) is 6.66. The Hall–Kier alpha value is -2.80. The molecule has 3 rings (SSSR count). The lowest BCUT2D eigenvalue weighted by Crippen LogP contribution is -2.11. The molecule has 10 heteroatoms. The van der Waals surface area contributed by atoms with Crippen molar-refractivity contribution in [3.8, 4) is 6.07 Å². The van der Waals surface area contributed by atoms with Crippen molar-refractivity contribution >= 4 is 28.5 Å². The van der Waals surface area contributed by atoms with Crippen molar-refractivity contribution in [2.45, 2.75) is 29.9 Å². The fourth-order valence-corrected chi connectivity index (χ4v) is 3.22. The van der Waals surface area contributed by atoms with Crippen LogP contribution in [0.15, 0.2) is 34.2 Å². The van der Waals surface area contributed by atoms with Gasteiger partial charge in [-0.25, -0.2) is 9.97 Å². The van der Waals surface area contributed by atoms with Crippen LogP contribution in [0.3, 0.4) is 0 Å². The predicted octanol–water partition coefficient (Wildman–Crippen LogP) is 4.03. The summed E-state index contributed by atoms with van der Waals surface area (Å²) in [6.07, 6.45) is -2.91. The summed E-state index contributed by atoms with van der Waals surface area (Å²) in [5, 5.41) is 9.32. The monoisotopic (exact) mass is 379 g/mol. The molecule has 0 radical (unpaired) electrons. The van der Waals surface area contributed by atoms with Gasteiger partial charge in [-0.05, 0) is 13.0 Å². The summed E-state index contributed by atoms with van der Waals surface area (Å²) in [7, 11) is 0. The number of halogens is 3. The molecule has 0 saturated heterocycles. The molecule has 3 aromatic rings. The first-order valence-electron chi connectivity index (χ1n) is 7.39. The van der Waals surface area contributed by atoms with Gasteiger partial charge in [-0.15, -0.1) is 0 Å². The Labute approximate surface area is 150 Å². The molecular weight excluding hydrogens is 367 g/mol. The second-order valence-electron chi connectivity index (χ2n) is 5.49. The summed E-state index contributed by atoms with van der Waals surface area (Å²) in [4.78, 5) is 12.3. The number of aromatic nitrogens is 3. The number of furan rings is 1. The van der Waals surface area contributed by atoms with E-state index in [9.17, 15) is 13.2 Å². The quantitative estimate of drug-likeness (QED) is 0.539. The Bertz CT molecular complexity index is 996. The maximum absolute atomic E-state index is 12.7. The molecule has 0 bridgehead atoms. The summed E-state index contributed by atoms with van der Waals surface area (Å²) in [6, 6.07) is 4.81. The van der Waals surface area contributed by atoms with Gasteiger partial charge in [0.1, 0.15) is 17.6 Å². The number of nitrogens with zero attached hydrogens (tertiary/aromatic N) is 4. The van der Waals surface area contributed by atoms with E-state index in [1.54, 1.807) is 13.0 Å². The fourth-order valence-electron chi connectivity index (χ4n) is 2.35. The first-order valence-corrected chi connectivity index (χ1v) is 8.27. The number of nitrogens with two attached hydrogens (primary N) is 1. The molecule has 0 fully saturated rings. The summed E-state index contributed by atoms with van der Waals surface area (Å²) in [5.74, 6) is 0.164. The lowest BCUT2D eigenvalue weighted by Gasteiger charge is -2.10. The zero-order chi connectivity index (χ0) is 18.9. The summed E-state index contributed by atoms with van der Waals surface area (Å²) >= 11 is 1.20. The van der Waals surface area contributed by atoms with E-state index in [1.165, 1.54) is 24.0 Å². The van der Waals surface area contributed by atoms with Crippen molar-refractivity contribution in [3.63, 3.8) is 0 Å². The molecule has 0 spiro atoms. The molecule has 1 atom stereocenters. The number of alkyl halides is 3. The highest BCUT2D eigenvalue weighted by Crippen LogP contribution is 2.35. The maximum atomic E-state index is 12.7. The number of rotatable bonds is 4. The van der Waals surface area contributed by atoms with Crippen molar-refractivity contribution < 1.29 is 17.6 Å². The number of thioether (sulfide) groups is 1. The minimum atomic E-state index is -4.33. The van der Waals surface area contributed by atoms with Crippen molar-refractivity contribution in [1.29, 1.82) is 5.26 Å². The number of fused-ring (bicyclic) bond motifs is 1. The van der Waals surface area contributed by atoms with Crippen LogP contribution in [0.25, 0.3) is 11.0 Å². The zero-order valence-corrected chi connectivity index (χ0v) is 14.2. The van der Waals surface area contributed by atoms with Gasteiger partial charge in [0.25, 0.3) is 0 Å². The van der Waals surface area contributed by atoms with Crippen LogP contribution in [-0.2, 0) is 6.42 Å². The lowest BCUT2D eigenvalue weighted by molar-refractivity contribution is -0.127. The second-order valence-corrected chi connectivity index (χ2v) is 6.80. The van der Waals surface area contributed by atoms with Gasteiger partial charge in [-0.3, -0.25) is 4.98 Å². The van der Waals surface area contributed by atoms with Crippen LogP contribution in [0.5, 0.6) is 0 Å². The van der Waals surface area contributed by atoms with Gasteiger partial charge in [-0.1, -0.05) is 11.8 Å². The van der Waals surface area contributed by atoms with Crippen LogP contribution >= 0.6 is 11.8 Å². The smallest absolute Gasteiger partial charge is 0.393 e. The van der Waals surface area contributed by atoms with Crippen LogP contribution in [0.4, 0.5) is 19.0 Å². The van der Waals surface area contributed by atoms with Crippen LogP contribution in [0.2, 0.25) is 0 Å². The highest BCUT2D eigenvalue weighted by atomic mass is 32.2. The van der Waals surface area contributed by atoms with E-state index in [-0.39, 0.29) is 27.9 Å². The van der Waals surface area contributed by atoms with Crippen LogP contribution < -0.4 is 5.73 Å². The van der Waals surface area contributed by atoms with E-state index < -0.39 is 12.6 Å². The fraction of sp³-hybridized carbons (Fsp3) is 0.250. The molecular formula is C16H12F3N5OS. The van der Waals surface area contributed by atoms with E-state index in [2.05, 4.69) is 15.0 Å². The Morgan fingerprint density at radius 2 is 2.12 bits per heavy atom. The molecule has 0 aliphatic rings. The molecule has 3 heterocycles. The van der Waals surface area contributed by atoms with Crippen LogP contribution in [0.1, 0.15) is 29.1 Å². The maximum Gasteiger partial charge on any atom is 0.393 e. The largest absolute Gasteiger partial charge is 0.462 e. The lowest BCUT2D eigenvalue weighted by atomic mass is 10.1. The van der Waals surface area contributed by atoms with Gasteiger partial charge in [0.15, 0.2) is 10.7 Å². The third-order valence-electron chi connectivity index (χ3n) is 3.49. The predicted molar refractivity (Wildman–Crippen MR) is 89.2 cm³/mol. The van der Waals surface area contributed by atoms with Gasteiger partial charge in [0.2, 0.25) is 0 Å². The molecule has 134 valence electrons. The molecule has 2 N–H and O–H groups in total. The first-order chi connectivity index (χ1) is 12.2. The second kappa shape index (κ2) is 6.84. The van der Waals surface area contributed by atoms with E-state index in [4.69, 9.17) is 15.4 Å². The highest BCUT2D eigenvalue weighted by Gasteiger charge is 2.29. The van der Waals surface area contributed by atoms with Gasteiger partial charge in [-0.2, -0.15) is 18.4 Å². The van der Waals surface area contributed by atoms with Crippen molar-refractivity contribution in [3.05, 3.63) is 41.5 Å². The topological polar surface area (TPSA) is 102 Å². The van der Waals surface area contributed by atoms with E-state index >= 15 is 0 Å². The molecule has 0 aliphatic heterocycles. The molecule has 6 nitrogen and oxygen atoms in total. The third kappa shape index (κ3) is 4.05. The molecule has 0 aliphatic carbocycles. The molecule has 0 amide bonds. The van der Waals surface area contributed by atoms with Gasteiger partial charge in [0.05, 0.1) is 29.8 Å². The number of nitrogen functional groups attached to an aromatic ring is 1. The van der Waals surface area contributed by atoms with E-state index in [1.807, 2.05) is 6.07 Å². The normalized spacial score (nSPS) is 12.9. The van der Waals surface area contributed by atoms with Gasteiger partial charge < -0.3 is 10.2 Å². The van der Waals surface area contributed by atoms with Crippen molar-refractivity contribution in [2.24, 2.45) is 0 Å². The van der Waals surface area contributed by atoms with Crippen molar-refractivity contribution in [1.82, 2.24) is 15.0 Å². The molecule has 3 aromatic heterocycles. The molecule has 26 heavy (non-hydrogen) atoms. The third-order valence-corrected chi connectivity index (χ3v) is 4.48. The van der Waals surface area contributed by atoms with Crippen molar-refractivity contribution in [2.75, 3.05) is 5.73 Å². The highest BCUT2D eigenvalue weighted by molar-refractivity contribution is 7.99. The minimum absolute atomic E-state index is 0.0559. The molecule has 0 saturated carbocycles. The van der Waals surface area contributed by atoms with E-state index in [0.717, 1.165) is 6.26 Å². The number of hydrogen-bond donors (Lipinski definition) is 1. The Morgan fingerprint density at radius 3 is 2.81 bits per heavy atom.